The minimum absolute atomic E-state index is 0.0241. The van der Waals surface area contributed by atoms with Gasteiger partial charge in [0.15, 0.2) is 0 Å². The SMILES string of the molecule is COc1cccc(Cl)c1C(C)(C)CBr. The highest BCUT2D eigenvalue weighted by Crippen LogP contribution is 2.38. The van der Waals surface area contributed by atoms with Gasteiger partial charge in [0.1, 0.15) is 5.75 Å². The van der Waals surface area contributed by atoms with Crippen LogP contribution < -0.4 is 4.74 Å². The van der Waals surface area contributed by atoms with Crippen molar-refractivity contribution in [1.82, 2.24) is 0 Å². The molecular weight excluding hydrogens is 263 g/mol. The predicted molar refractivity (Wildman–Crippen MR) is 64.8 cm³/mol. The first-order valence-electron chi connectivity index (χ1n) is 4.42. The molecule has 0 fully saturated rings. The van der Waals surface area contributed by atoms with Gasteiger partial charge in [-0.15, -0.1) is 0 Å². The fourth-order valence-electron chi connectivity index (χ4n) is 1.40. The fraction of sp³-hybridized carbons (Fsp3) is 0.455. The Bertz CT molecular complexity index is 323. The maximum Gasteiger partial charge on any atom is 0.124 e. The zero-order valence-electron chi connectivity index (χ0n) is 8.60. The second kappa shape index (κ2) is 4.54. The van der Waals surface area contributed by atoms with Crippen LogP contribution in [0.5, 0.6) is 5.75 Å². The molecule has 3 heteroatoms. The molecule has 0 N–H and O–H groups in total. The predicted octanol–water partition coefficient (Wildman–Crippen LogP) is 4.02. The lowest BCUT2D eigenvalue weighted by Crippen LogP contribution is -2.20. The number of halogens is 2. The lowest BCUT2D eigenvalue weighted by atomic mass is 9.86. The van der Waals surface area contributed by atoms with Crippen LogP contribution in [-0.4, -0.2) is 12.4 Å². The Hall–Kier alpha value is -0.210. The first-order chi connectivity index (χ1) is 6.53. The van der Waals surface area contributed by atoms with E-state index in [1.165, 1.54) is 0 Å². The molecule has 0 atom stereocenters. The Morgan fingerprint density at radius 1 is 1.43 bits per heavy atom. The van der Waals surface area contributed by atoms with Crippen molar-refractivity contribution in [3.8, 4) is 5.75 Å². The largest absolute Gasteiger partial charge is 0.496 e. The molecule has 0 unspecified atom stereocenters. The number of rotatable bonds is 3. The van der Waals surface area contributed by atoms with Crippen molar-refractivity contribution in [3.05, 3.63) is 28.8 Å². The standard InChI is InChI=1S/C11H14BrClO/c1-11(2,7-12)10-8(13)5-4-6-9(10)14-3/h4-6H,7H2,1-3H3. The highest BCUT2D eigenvalue weighted by molar-refractivity contribution is 9.09. The summed E-state index contributed by atoms with van der Waals surface area (Å²) in [4.78, 5) is 0. The molecule has 0 aromatic heterocycles. The number of benzene rings is 1. The van der Waals surface area contributed by atoms with Crippen molar-refractivity contribution in [3.63, 3.8) is 0 Å². The van der Waals surface area contributed by atoms with Crippen LogP contribution in [0.3, 0.4) is 0 Å². The molecular formula is C11H14BrClO. The Labute approximate surface area is 98.5 Å². The van der Waals surface area contributed by atoms with Crippen molar-refractivity contribution < 1.29 is 4.74 Å². The summed E-state index contributed by atoms with van der Waals surface area (Å²) in [5, 5.41) is 1.61. The van der Waals surface area contributed by atoms with Gasteiger partial charge in [-0.2, -0.15) is 0 Å². The molecule has 1 aromatic carbocycles. The topological polar surface area (TPSA) is 9.23 Å². The van der Waals surface area contributed by atoms with Gasteiger partial charge in [0.25, 0.3) is 0 Å². The highest BCUT2D eigenvalue weighted by Gasteiger charge is 2.25. The highest BCUT2D eigenvalue weighted by atomic mass is 79.9. The van der Waals surface area contributed by atoms with Gasteiger partial charge in [-0.1, -0.05) is 47.4 Å². The molecule has 78 valence electrons. The van der Waals surface area contributed by atoms with Crippen molar-refractivity contribution >= 4 is 27.5 Å². The first-order valence-corrected chi connectivity index (χ1v) is 5.92. The molecule has 0 radical (unpaired) electrons. The smallest absolute Gasteiger partial charge is 0.124 e. The quantitative estimate of drug-likeness (QED) is 0.758. The van der Waals surface area contributed by atoms with E-state index < -0.39 is 0 Å². The van der Waals surface area contributed by atoms with E-state index in [0.29, 0.717) is 0 Å². The fourth-order valence-corrected chi connectivity index (χ4v) is 2.10. The van der Waals surface area contributed by atoms with Gasteiger partial charge >= 0.3 is 0 Å². The lowest BCUT2D eigenvalue weighted by Gasteiger charge is -2.25. The number of alkyl halides is 1. The Morgan fingerprint density at radius 2 is 2.07 bits per heavy atom. The van der Waals surface area contributed by atoms with Crippen molar-refractivity contribution in [2.75, 3.05) is 12.4 Å². The second-order valence-corrected chi connectivity index (χ2v) is 4.80. The van der Waals surface area contributed by atoms with Crippen LogP contribution in [0.25, 0.3) is 0 Å². The molecule has 0 aliphatic carbocycles. The van der Waals surface area contributed by atoms with Crippen LogP contribution in [0.1, 0.15) is 19.4 Å². The summed E-state index contributed by atoms with van der Waals surface area (Å²) >= 11 is 9.66. The summed E-state index contributed by atoms with van der Waals surface area (Å²) in [7, 11) is 1.67. The van der Waals surface area contributed by atoms with E-state index in [-0.39, 0.29) is 5.41 Å². The summed E-state index contributed by atoms with van der Waals surface area (Å²) in [5.74, 6) is 0.849. The summed E-state index contributed by atoms with van der Waals surface area (Å²) in [6, 6.07) is 5.73. The van der Waals surface area contributed by atoms with Crippen LogP contribution in [0, 0.1) is 0 Å². The van der Waals surface area contributed by atoms with Crippen LogP contribution >= 0.6 is 27.5 Å². The number of hydrogen-bond acceptors (Lipinski definition) is 1. The van der Waals surface area contributed by atoms with E-state index in [9.17, 15) is 0 Å². The third kappa shape index (κ3) is 2.23. The van der Waals surface area contributed by atoms with Crippen LogP contribution in [-0.2, 0) is 5.41 Å². The lowest BCUT2D eigenvalue weighted by molar-refractivity contribution is 0.399. The van der Waals surface area contributed by atoms with E-state index in [0.717, 1.165) is 21.7 Å². The molecule has 0 spiro atoms. The normalized spacial score (nSPS) is 11.5. The monoisotopic (exact) mass is 276 g/mol. The average molecular weight is 278 g/mol. The molecule has 14 heavy (non-hydrogen) atoms. The van der Waals surface area contributed by atoms with Gasteiger partial charge in [0, 0.05) is 21.3 Å². The Balaban J connectivity index is 3.30. The molecule has 1 nitrogen and oxygen atoms in total. The first kappa shape index (κ1) is 11.9. The van der Waals surface area contributed by atoms with E-state index in [1.54, 1.807) is 7.11 Å². The molecule has 0 aliphatic heterocycles. The maximum atomic E-state index is 6.17. The third-order valence-electron chi connectivity index (χ3n) is 2.21. The van der Waals surface area contributed by atoms with Crippen LogP contribution in [0.4, 0.5) is 0 Å². The summed E-state index contributed by atoms with van der Waals surface area (Å²) in [6.07, 6.45) is 0. The molecule has 0 aliphatic rings. The number of ether oxygens (including phenoxy) is 1. The van der Waals surface area contributed by atoms with E-state index in [2.05, 4.69) is 29.8 Å². The molecule has 1 rings (SSSR count). The Morgan fingerprint density at radius 3 is 2.57 bits per heavy atom. The van der Waals surface area contributed by atoms with Crippen LogP contribution in [0.2, 0.25) is 5.02 Å². The summed E-state index contributed by atoms with van der Waals surface area (Å²) in [6.45, 7) is 4.26. The third-order valence-corrected chi connectivity index (χ3v) is 3.92. The molecule has 1 aromatic rings. The summed E-state index contributed by atoms with van der Waals surface area (Å²) < 4.78 is 5.31. The Kier molecular flexibility index (Phi) is 3.85. The minimum Gasteiger partial charge on any atom is -0.496 e. The average Bonchev–Trinajstić information content (AvgIpc) is 2.17. The van der Waals surface area contributed by atoms with Gasteiger partial charge in [-0.05, 0) is 12.1 Å². The van der Waals surface area contributed by atoms with Crippen molar-refractivity contribution in [2.45, 2.75) is 19.3 Å². The van der Waals surface area contributed by atoms with Crippen molar-refractivity contribution in [2.24, 2.45) is 0 Å². The summed E-state index contributed by atoms with van der Waals surface area (Å²) in [5.41, 5.74) is 1.03. The van der Waals surface area contributed by atoms with E-state index in [1.807, 2.05) is 18.2 Å². The number of hydrogen-bond donors (Lipinski definition) is 0. The molecule has 0 heterocycles. The van der Waals surface area contributed by atoms with Crippen molar-refractivity contribution in [1.29, 1.82) is 0 Å². The van der Waals surface area contributed by atoms with E-state index >= 15 is 0 Å². The molecule has 0 saturated carbocycles. The molecule has 0 saturated heterocycles. The van der Waals surface area contributed by atoms with E-state index in [4.69, 9.17) is 16.3 Å². The van der Waals surface area contributed by atoms with Gasteiger partial charge in [-0.3, -0.25) is 0 Å². The maximum absolute atomic E-state index is 6.17. The van der Waals surface area contributed by atoms with Gasteiger partial charge in [-0.25, -0.2) is 0 Å². The number of methoxy groups -OCH3 is 1. The van der Waals surface area contributed by atoms with Gasteiger partial charge < -0.3 is 4.74 Å². The zero-order valence-corrected chi connectivity index (χ0v) is 10.9. The zero-order chi connectivity index (χ0) is 10.8. The minimum atomic E-state index is -0.0241. The second-order valence-electron chi connectivity index (χ2n) is 3.83. The molecule has 0 amide bonds. The van der Waals surface area contributed by atoms with Gasteiger partial charge in [0.2, 0.25) is 0 Å². The van der Waals surface area contributed by atoms with Crippen LogP contribution in [0.15, 0.2) is 18.2 Å². The van der Waals surface area contributed by atoms with Gasteiger partial charge in [0.05, 0.1) is 7.11 Å². The molecule has 0 bridgehead atoms.